The maximum atomic E-state index is 11.0. The lowest BCUT2D eigenvalue weighted by molar-refractivity contribution is 0.592. The summed E-state index contributed by atoms with van der Waals surface area (Å²) in [6.45, 7) is 1.91. The maximum absolute atomic E-state index is 11.0. The van der Waals surface area contributed by atoms with Crippen LogP contribution < -0.4 is 0 Å². The molecule has 0 amide bonds. The lowest BCUT2D eigenvalue weighted by Crippen LogP contribution is -2.05. The molecule has 0 atom stereocenters. The van der Waals surface area contributed by atoms with E-state index in [1.54, 1.807) is 6.07 Å². The highest BCUT2D eigenvalue weighted by molar-refractivity contribution is 7.90. The first-order chi connectivity index (χ1) is 5.54. The third-order valence-corrected chi connectivity index (χ3v) is 2.25. The Labute approximate surface area is 71.6 Å². The van der Waals surface area contributed by atoms with E-state index in [-0.39, 0.29) is 5.16 Å². The molecule has 0 aliphatic carbocycles. The average Bonchev–Trinajstić information content (AvgIpc) is 2.03. The minimum absolute atomic E-state index is 0.0955. The monoisotopic (exact) mass is 186 g/mol. The Morgan fingerprint density at radius 1 is 1.50 bits per heavy atom. The van der Waals surface area contributed by atoms with E-state index in [4.69, 9.17) is 0 Å². The average molecular weight is 186 g/mol. The van der Waals surface area contributed by atoms with Crippen molar-refractivity contribution in [3.05, 3.63) is 18.0 Å². The molecule has 12 heavy (non-hydrogen) atoms. The van der Waals surface area contributed by atoms with Crippen LogP contribution in [0.15, 0.2) is 17.4 Å². The quantitative estimate of drug-likeness (QED) is 0.629. The van der Waals surface area contributed by atoms with Gasteiger partial charge in [-0.25, -0.2) is 18.4 Å². The number of aryl methyl sites for hydroxylation is 1. The molecule has 0 aliphatic heterocycles. The Morgan fingerprint density at radius 3 is 2.67 bits per heavy atom. The molecular formula is C7H10N2O2S. The lowest BCUT2D eigenvalue weighted by Gasteiger charge is -1.97. The Bertz CT molecular complexity index is 373. The second kappa shape index (κ2) is 3.18. The molecule has 1 aromatic heterocycles. The van der Waals surface area contributed by atoms with Gasteiger partial charge in [0, 0.05) is 18.1 Å². The van der Waals surface area contributed by atoms with E-state index in [1.807, 2.05) is 6.92 Å². The molecule has 0 saturated carbocycles. The van der Waals surface area contributed by atoms with E-state index in [1.165, 1.54) is 6.20 Å². The molecule has 0 aromatic carbocycles. The zero-order chi connectivity index (χ0) is 9.19. The molecule has 0 fully saturated rings. The van der Waals surface area contributed by atoms with Crippen LogP contribution in [-0.4, -0.2) is 24.6 Å². The number of aromatic nitrogens is 2. The minimum atomic E-state index is -3.26. The standard InChI is InChI=1S/C7H10N2O2S/c1-3-6-4-5-8-7(9-6)12(2,10)11/h4-5H,3H2,1-2H3. The first-order valence-electron chi connectivity index (χ1n) is 3.56. The highest BCUT2D eigenvalue weighted by Gasteiger charge is 2.09. The van der Waals surface area contributed by atoms with Gasteiger partial charge in [0.15, 0.2) is 0 Å². The summed E-state index contributed by atoms with van der Waals surface area (Å²) in [7, 11) is -3.26. The van der Waals surface area contributed by atoms with E-state index in [9.17, 15) is 8.42 Å². The van der Waals surface area contributed by atoms with Gasteiger partial charge in [0.25, 0.3) is 0 Å². The predicted molar refractivity (Wildman–Crippen MR) is 44.5 cm³/mol. The second-order valence-electron chi connectivity index (χ2n) is 2.46. The molecule has 0 unspecified atom stereocenters. The zero-order valence-corrected chi connectivity index (χ0v) is 7.80. The molecule has 0 N–H and O–H groups in total. The third-order valence-electron chi connectivity index (χ3n) is 1.39. The van der Waals surface area contributed by atoms with Gasteiger partial charge in [-0.3, -0.25) is 0 Å². The van der Waals surface area contributed by atoms with Crippen molar-refractivity contribution in [1.29, 1.82) is 0 Å². The summed E-state index contributed by atoms with van der Waals surface area (Å²) in [4.78, 5) is 7.52. The van der Waals surface area contributed by atoms with E-state index in [0.29, 0.717) is 6.42 Å². The zero-order valence-electron chi connectivity index (χ0n) is 6.98. The fraction of sp³-hybridized carbons (Fsp3) is 0.429. The summed E-state index contributed by atoms with van der Waals surface area (Å²) in [6.07, 6.45) is 3.27. The van der Waals surface area contributed by atoms with Crippen molar-refractivity contribution in [3.63, 3.8) is 0 Å². The van der Waals surface area contributed by atoms with Crippen molar-refractivity contribution in [2.75, 3.05) is 6.26 Å². The molecule has 4 nitrogen and oxygen atoms in total. The number of rotatable bonds is 2. The smallest absolute Gasteiger partial charge is 0.227 e. The van der Waals surface area contributed by atoms with E-state index in [0.717, 1.165) is 11.9 Å². The minimum Gasteiger partial charge on any atom is -0.227 e. The summed E-state index contributed by atoms with van der Waals surface area (Å²) in [5.74, 6) is 0. The molecule has 1 aromatic rings. The van der Waals surface area contributed by atoms with Gasteiger partial charge >= 0.3 is 0 Å². The van der Waals surface area contributed by atoms with Gasteiger partial charge in [-0.15, -0.1) is 0 Å². The van der Waals surface area contributed by atoms with Crippen LogP contribution in [0.5, 0.6) is 0 Å². The Kier molecular flexibility index (Phi) is 2.42. The van der Waals surface area contributed by atoms with Crippen molar-refractivity contribution in [2.45, 2.75) is 18.5 Å². The summed E-state index contributed by atoms with van der Waals surface area (Å²) in [5.41, 5.74) is 0.741. The van der Waals surface area contributed by atoms with E-state index >= 15 is 0 Å². The summed E-state index contributed by atoms with van der Waals surface area (Å²) in [6, 6.07) is 1.70. The van der Waals surface area contributed by atoms with Crippen molar-refractivity contribution in [3.8, 4) is 0 Å². The van der Waals surface area contributed by atoms with Gasteiger partial charge in [0.1, 0.15) is 0 Å². The SMILES string of the molecule is CCc1ccnc(S(C)(=O)=O)n1. The Hall–Kier alpha value is -0.970. The van der Waals surface area contributed by atoms with Crippen LogP contribution in [0.1, 0.15) is 12.6 Å². The van der Waals surface area contributed by atoms with Crippen molar-refractivity contribution in [1.82, 2.24) is 9.97 Å². The number of hydrogen-bond acceptors (Lipinski definition) is 4. The fourth-order valence-electron chi connectivity index (χ4n) is 0.752. The summed E-state index contributed by atoms with van der Waals surface area (Å²) >= 11 is 0. The molecule has 0 bridgehead atoms. The van der Waals surface area contributed by atoms with E-state index < -0.39 is 9.84 Å². The Balaban J connectivity index is 3.20. The summed E-state index contributed by atoms with van der Waals surface area (Å²) in [5, 5.41) is -0.0955. The van der Waals surface area contributed by atoms with Crippen LogP contribution in [0, 0.1) is 0 Å². The molecule has 66 valence electrons. The molecular weight excluding hydrogens is 176 g/mol. The number of hydrogen-bond donors (Lipinski definition) is 0. The molecule has 0 radical (unpaired) electrons. The number of nitrogens with zero attached hydrogens (tertiary/aromatic N) is 2. The Morgan fingerprint density at radius 2 is 2.17 bits per heavy atom. The first-order valence-corrected chi connectivity index (χ1v) is 5.45. The molecule has 0 aliphatic rings. The predicted octanol–water partition coefficient (Wildman–Crippen LogP) is 0.442. The van der Waals surface area contributed by atoms with Crippen LogP contribution >= 0.6 is 0 Å². The molecule has 1 rings (SSSR count). The molecule has 0 spiro atoms. The highest BCUT2D eigenvalue weighted by Crippen LogP contribution is 2.02. The normalized spacial score (nSPS) is 11.5. The van der Waals surface area contributed by atoms with Crippen LogP contribution in [-0.2, 0) is 16.3 Å². The van der Waals surface area contributed by atoms with Crippen LogP contribution in [0.25, 0.3) is 0 Å². The van der Waals surface area contributed by atoms with Crippen LogP contribution in [0.2, 0.25) is 0 Å². The van der Waals surface area contributed by atoms with Gasteiger partial charge in [-0.2, -0.15) is 0 Å². The lowest BCUT2D eigenvalue weighted by atomic mass is 10.3. The molecule has 0 saturated heterocycles. The van der Waals surface area contributed by atoms with Gasteiger partial charge in [0.05, 0.1) is 0 Å². The van der Waals surface area contributed by atoms with E-state index in [2.05, 4.69) is 9.97 Å². The molecule has 5 heteroatoms. The van der Waals surface area contributed by atoms with Gasteiger partial charge < -0.3 is 0 Å². The van der Waals surface area contributed by atoms with Crippen LogP contribution in [0.4, 0.5) is 0 Å². The van der Waals surface area contributed by atoms with Crippen molar-refractivity contribution < 1.29 is 8.42 Å². The summed E-state index contributed by atoms with van der Waals surface area (Å²) < 4.78 is 22.0. The maximum Gasteiger partial charge on any atom is 0.246 e. The topological polar surface area (TPSA) is 59.9 Å². The fourth-order valence-corrected chi connectivity index (χ4v) is 1.29. The van der Waals surface area contributed by atoms with Crippen LogP contribution in [0.3, 0.4) is 0 Å². The van der Waals surface area contributed by atoms with Gasteiger partial charge in [-0.1, -0.05) is 6.92 Å². The van der Waals surface area contributed by atoms with Gasteiger partial charge in [0.2, 0.25) is 15.0 Å². The molecule has 1 heterocycles. The highest BCUT2D eigenvalue weighted by atomic mass is 32.2. The number of sulfone groups is 1. The second-order valence-corrected chi connectivity index (χ2v) is 4.37. The largest absolute Gasteiger partial charge is 0.246 e. The third kappa shape index (κ3) is 2.01. The van der Waals surface area contributed by atoms with Crippen molar-refractivity contribution >= 4 is 9.84 Å². The first kappa shape index (κ1) is 9.12. The van der Waals surface area contributed by atoms with Gasteiger partial charge in [-0.05, 0) is 12.5 Å². The van der Waals surface area contributed by atoms with Crippen molar-refractivity contribution in [2.24, 2.45) is 0 Å².